The lowest BCUT2D eigenvalue weighted by Crippen LogP contribution is -2.37. The van der Waals surface area contributed by atoms with E-state index >= 15 is 0 Å². The smallest absolute Gasteiger partial charge is 0.242 e. The molecule has 0 saturated heterocycles. The molecule has 1 unspecified atom stereocenters. The molecule has 7 heteroatoms. The molecular formula is C14H27N3O3S. The van der Waals surface area contributed by atoms with E-state index < -0.39 is 10.0 Å². The van der Waals surface area contributed by atoms with Gasteiger partial charge >= 0.3 is 0 Å². The summed E-state index contributed by atoms with van der Waals surface area (Å²) in [5.41, 5.74) is 0.850. The molecule has 0 saturated carbocycles. The van der Waals surface area contributed by atoms with Crippen molar-refractivity contribution < 1.29 is 13.2 Å². The molecule has 0 bridgehead atoms. The largest absolute Gasteiger partial charge is 0.383 e. The second kappa shape index (κ2) is 8.53. The average molecular weight is 317 g/mol. The van der Waals surface area contributed by atoms with E-state index in [-0.39, 0.29) is 10.9 Å². The summed E-state index contributed by atoms with van der Waals surface area (Å²) >= 11 is 0. The quantitative estimate of drug-likeness (QED) is 0.612. The van der Waals surface area contributed by atoms with Crippen molar-refractivity contribution >= 4 is 10.0 Å². The summed E-state index contributed by atoms with van der Waals surface area (Å²) in [6.45, 7) is 7.09. The van der Waals surface area contributed by atoms with E-state index in [1.54, 1.807) is 13.2 Å². The van der Waals surface area contributed by atoms with Crippen molar-refractivity contribution in [3.63, 3.8) is 0 Å². The van der Waals surface area contributed by atoms with E-state index in [9.17, 15) is 8.42 Å². The highest BCUT2D eigenvalue weighted by molar-refractivity contribution is 7.89. The van der Waals surface area contributed by atoms with Gasteiger partial charge in [-0.1, -0.05) is 27.2 Å². The van der Waals surface area contributed by atoms with Crippen molar-refractivity contribution in [2.75, 3.05) is 13.7 Å². The Morgan fingerprint density at radius 3 is 2.67 bits per heavy atom. The number of ether oxygens (including phenoxy) is 1. The van der Waals surface area contributed by atoms with Crippen LogP contribution in [0, 0.1) is 0 Å². The molecule has 0 radical (unpaired) electrons. The molecule has 0 aromatic carbocycles. The third-order valence-electron chi connectivity index (χ3n) is 3.05. The maximum atomic E-state index is 12.3. The van der Waals surface area contributed by atoms with Crippen molar-refractivity contribution in [2.24, 2.45) is 0 Å². The van der Waals surface area contributed by atoms with Gasteiger partial charge in [0.2, 0.25) is 10.0 Å². The number of hydrogen-bond acceptors (Lipinski definition) is 4. The zero-order valence-corrected chi connectivity index (χ0v) is 14.1. The van der Waals surface area contributed by atoms with Crippen molar-refractivity contribution in [2.45, 2.75) is 57.1 Å². The van der Waals surface area contributed by atoms with E-state index in [1.165, 1.54) is 6.20 Å². The summed E-state index contributed by atoms with van der Waals surface area (Å²) in [4.78, 5) is 3.26. The molecule has 0 spiro atoms. The van der Waals surface area contributed by atoms with Crippen LogP contribution in [-0.2, 0) is 21.3 Å². The Hall–Kier alpha value is -0.890. The van der Waals surface area contributed by atoms with E-state index in [0.29, 0.717) is 19.2 Å². The molecule has 0 aliphatic rings. The lowest BCUT2D eigenvalue weighted by molar-refractivity contribution is 0.171. The Morgan fingerprint density at radius 1 is 1.38 bits per heavy atom. The molecule has 0 aliphatic heterocycles. The highest BCUT2D eigenvalue weighted by Crippen LogP contribution is 2.12. The Labute approximate surface area is 127 Å². The SMILES string of the molecule is CCCC(COC)NS(=O)(=O)c1c[nH]c(CNC(C)C)c1. The van der Waals surface area contributed by atoms with Gasteiger partial charge in [-0.15, -0.1) is 0 Å². The molecule has 21 heavy (non-hydrogen) atoms. The van der Waals surface area contributed by atoms with Crippen LogP contribution < -0.4 is 10.0 Å². The summed E-state index contributed by atoms with van der Waals surface area (Å²) in [5, 5.41) is 3.24. The Kier molecular flexibility index (Phi) is 7.37. The molecule has 0 amide bonds. The summed E-state index contributed by atoms with van der Waals surface area (Å²) in [7, 11) is -1.94. The fourth-order valence-corrected chi connectivity index (χ4v) is 3.28. The molecule has 122 valence electrons. The predicted octanol–water partition coefficient (Wildman–Crippen LogP) is 1.61. The van der Waals surface area contributed by atoms with E-state index in [4.69, 9.17) is 4.74 Å². The minimum Gasteiger partial charge on any atom is -0.383 e. The maximum Gasteiger partial charge on any atom is 0.242 e. The summed E-state index contributed by atoms with van der Waals surface area (Å²) in [6, 6.07) is 1.81. The molecule has 1 atom stereocenters. The third kappa shape index (κ3) is 6.17. The predicted molar refractivity (Wildman–Crippen MR) is 83.7 cm³/mol. The Balaban J connectivity index is 2.73. The van der Waals surface area contributed by atoms with Crippen LogP contribution >= 0.6 is 0 Å². The van der Waals surface area contributed by atoms with Gasteiger partial charge in [0.1, 0.15) is 0 Å². The lowest BCUT2D eigenvalue weighted by Gasteiger charge is -2.16. The first-order valence-corrected chi connectivity index (χ1v) is 8.79. The van der Waals surface area contributed by atoms with Crippen LogP contribution in [0.3, 0.4) is 0 Å². The molecule has 6 nitrogen and oxygen atoms in total. The van der Waals surface area contributed by atoms with Crippen LogP contribution in [0.25, 0.3) is 0 Å². The molecule has 1 aromatic rings. The zero-order valence-electron chi connectivity index (χ0n) is 13.3. The van der Waals surface area contributed by atoms with E-state index in [2.05, 4.69) is 15.0 Å². The number of nitrogens with one attached hydrogen (secondary N) is 3. The van der Waals surface area contributed by atoms with Crippen molar-refractivity contribution in [1.29, 1.82) is 0 Å². The van der Waals surface area contributed by atoms with Gasteiger partial charge in [0.05, 0.1) is 11.5 Å². The van der Waals surface area contributed by atoms with Gasteiger partial charge in [-0.05, 0) is 12.5 Å². The number of rotatable bonds is 10. The monoisotopic (exact) mass is 317 g/mol. The third-order valence-corrected chi connectivity index (χ3v) is 4.55. The van der Waals surface area contributed by atoms with Gasteiger partial charge in [-0.25, -0.2) is 13.1 Å². The second-order valence-corrected chi connectivity index (χ2v) is 7.17. The number of aromatic nitrogens is 1. The second-order valence-electron chi connectivity index (χ2n) is 5.46. The maximum absolute atomic E-state index is 12.3. The first-order valence-electron chi connectivity index (χ1n) is 7.31. The molecule has 1 aromatic heterocycles. The summed E-state index contributed by atoms with van der Waals surface area (Å²) < 4.78 is 32.4. The standard InChI is InChI=1S/C14H27N3O3S/c1-5-6-12(10-20-4)17-21(18,19)14-7-13(16-9-14)8-15-11(2)3/h7,9,11-12,15-17H,5-6,8,10H2,1-4H3. The zero-order chi connectivity index (χ0) is 15.9. The fourth-order valence-electron chi connectivity index (χ4n) is 2.00. The normalized spacial score (nSPS) is 13.8. The van der Waals surface area contributed by atoms with Crippen LogP contribution in [0.15, 0.2) is 17.2 Å². The van der Waals surface area contributed by atoms with Gasteiger partial charge in [0, 0.05) is 37.6 Å². The Morgan fingerprint density at radius 2 is 2.10 bits per heavy atom. The van der Waals surface area contributed by atoms with Crippen LogP contribution in [-0.4, -0.2) is 39.2 Å². The van der Waals surface area contributed by atoms with Crippen molar-refractivity contribution in [3.8, 4) is 0 Å². The number of sulfonamides is 1. The van der Waals surface area contributed by atoms with Gasteiger partial charge in [-0.2, -0.15) is 0 Å². The first-order chi connectivity index (χ1) is 9.89. The highest BCUT2D eigenvalue weighted by Gasteiger charge is 2.20. The van der Waals surface area contributed by atoms with Crippen molar-refractivity contribution in [3.05, 3.63) is 18.0 Å². The lowest BCUT2D eigenvalue weighted by atomic mass is 10.2. The molecular weight excluding hydrogens is 290 g/mol. The van der Waals surface area contributed by atoms with Crippen LogP contribution in [0.2, 0.25) is 0 Å². The van der Waals surface area contributed by atoms with Crippen LogP contribution in [0.1, 0.15) is 39.3 Å². The minimum atomic E-state index is -3.51. The number of methoxy groups -OCH3 is 1. The molecule has 1 rings (SSSR count). The number of hydrogen-bond donors (Lipinski definition) is 3. The van der Waals surface area contributed by atoms with E-state index in [1.807, 2.05) is 20.8 Å². The van der Waals surface area contributed by atoms with Crippen LogP contribution in [0.4, 0.5) is 0 Å². The molecule has 3 N–H and O–H groups in total. The average Bonchev–Trinajstić information content (AvgIpc) is 2.86. The molecule has 0 aliphatic carbocycles. The van der Waals surface area contributed by atoms with Gasteiger partial charge in [0.15, 0.2) is 0 Å². The molecule has 0 fully saturated rings. The topological polar surface area (TPSA) is 83.2 Å². The van der Waals surface area contributed by atoms with Gasteiger partial charge in [0.25, 0.3) is 0 Å². The Bertz CT molecular complexity index is 505. The van der Waals surface area contributed by atoms with Crippen LogP contribution in [0.5, 0.6) is 0 Å². The highest BCUT2D eigenvalue weighted by atomic mass is 32.2. The summed E-state index contributed by atoms with van der Waals surface area (Å²) in [5.74, 6) is 0. The first kappa shape index (κ1) is 18.2. The fraction of sp³-hybridized carbons (Fsp3) is 0.714. The summed E-state index contributed by atoms with van der Waals surface area (Å²) in [6.07, 6.45) is 3.17. The van der Waals surface area contributed by atoms with Gasteiger partial charge < -0.3 is 15.0 Å². The molecule has 1 heterocycles. The number of aromatic amines is 1. The van der Waals surface area contributed by atoms with Crippen molar-refractivity contribution in [1.82, 2.24) is 15.0 Å². The minimum absolute atomic E-state index is 0.197. The number of H-pyrrole nitrogens is 1. The van der Waals surface area contributed by atoms with Gasteiger partial charge in [-0.3, -0.25) is 0 Å². The van der Waals surface area contributed by atoms with E-state index in [0.717, 1.165) is 18.5 Å².